The van der Waals surface area contributed by atoms with Crippen molar-refractivity contribution in [3.05, 3.63) is 94.5 Å². The van der Waals surface area contributed by atoms with E-state index in [0.717, 1.165) is 12.3 Å². The lowest BCUT2D eigenvalue weighted by molar-refractivity contribution is 0.294. The molecular weight excluding hydrogens is 433 g/mol. The lowest BCUT2D eigenvalue weighted by Crippen LogP contribution is -2.29. The Morgan fingerprint density at radius 3 is 2.18 bits per heavy atom. The number of benzene rings is 3. The molecule has 0 saturated heterocycles. The summed E-state index contributed by atoms with van der Waals surface area (Å²) in [6.07, 6.45) is 0. The lowest BCUT2D eigenvalue weighted by Gasteiger charge is -2.38. The van der Waals surface area contributed by atoms with Crippen LogP contribution in [0.4, 0.5) is 0 Å². The van der Waals surface area contributed by atoms with Crippen molar-refractivity contribution in [2.75, 3.05) is 7.05 Å². The molecule has 0 fully saturated rings. The minimum absolute atomic E-state index is 0.0537. The molecule has 34 heavy (non-hydrogen) atoms. The molecule has 0 spiro atoms. The van der Waals surface area contributed by atoms with Crippen molar-refractivity contribution in [3.8, 4) is 5.75 Å². The summed E-state index contributed by atoms with van der Waals surface area (Å²) < 4.78 is 6.63. The molecule has 2 atom stereocenters. The third kappa shape index (κ3) is 6.09. The number of hydrogen-bond donors (Lipinski definition) is 1. The molecule has 0 amide bonds. The lowest BCUT2D eigenvalue weighted by atomic mass is 9.80. The Bertz CT molecular complexity index is 1080. The van der Waals surface area contributed by atoms with Gasteiger partial charge in [0.05, 0.1) is 0 Å². The Balaban J connectivity index is 2.14. The van der Waals surface area contributed by atoms with E-state index in [4.69, 9.17) is 4.74 Å². The number of nitrogens with one attached hydrogen (secondary N) is 1. The maximum Gasteiger partial charge on any atom is 0.126 e. The van der Waals surface area contributed by atoms with E-state index < -0.39 is 0 Å². The molecule has 2 nitrogen and oxygen atoms in total. The van der Waals surface area contributed by atoms with E-state index in [-0.39, 0.29) is 10.6 Å². The van der Waals surface area contributed by atoms with E-state index in [1.807, 2.05) is 7.05 Å². The maximum absolute atomic E-state index is 6.63. The average Bonchev–Trinajstić information content (AvgIpc) is 2.79. The van der Waals surface area contributed by atoms with Crippen LogP contribution in [0, 0.1) is 12.8 Å². The summed E-state index contributed by atoms with van der Waals surface area (Å²) in [5.74, 6) is 1.49. The molecule has 0 bridgehead atoms. The summed E-state index contributed by atoms with van der Waals surface area (Å²) >= 11 is 0. The molecule has 3 rings (SSSR count). The van der Waals surface area contributed by atoms with Crippen LogP contribution >= 0.6 is 8.58 Å². The first-order valence-corrected chi connectivity index (χ1v) is 13.4. The summed E-state index contributed by atoms with van der Waals surface area (Å²) in [6, 6.07) is 24.1. The first kappa shape index (κ1) is 26.5. The zero-order chi connectivity index (χ0) is 24.9. The van der Waals surface area contributed by atoms with Gasteiger partial charge in [0, 0.05) is 17.3 Å². The third-order valence-electron chi connectivity index (χ3n) is 6.86. The van der Waals surface area contributed by atoms with Crippen LogP contribution < -0.4 is 15.4 Å². The van der Waals surface area contributed by atoms with Crippen LogP contribution in [-0.4, -0.2) is 7.05 Å². The first-order valence-electron chi connectivity index (χ1n) is 12.4. The van der Waals surface area contributed by atoms with Gasteiger partial charge in [-0.15, -0.1) is 0 Å². The van der Waals surface area contributed by atoms with Gasteiger partial charge in [-0.25, -0.2) is 0 Å². The average molecular weight is 476 g/mol. The fraction of sp³-hybridized carbons (Fsp3) is 0.419. The summed E-state index contributed by atoms with van der Waals surface area (Å²) in [4.78, 5) is 0. The Hall–Kier alpha value is -2.15. The first-order chi connectivity index (χ1) is 16.1. The monoisotopic (exact) mass is 475 g/mol. The van der Waals surface area contributed by atoms with Crippen molar-refractivity contribution in [2.24, 2.45) is 5.92 Å². The van der Waals surface area contributed by atoms with Crippen molar-refractivity contribution in [3.63, 3.8) is 0 Å². The van der Waals surface area contributed by atoms with Crippen molar-refractivity contribution in [2.45, 2.75) is 72.2 Å². The predicted octanol–water partition coefficient (Wildman–Crippen LogP) is 7.47. The van der Waals surface area contributed by atoms with Gasteiger partial charge < -0.3 is 10.1 Å². The number of rotatable bonds is 9. The molecule has 0 aliphatic rings. The van der Waals surface area contributed by atoms with E-state index in [1.165, 1.54) is 33.1 Å². The minimum atomic E-state index is -0.0537. The molecule has 3 aromatic rings. The summed E-state index contributed by atoms with van der Waals surface area (Å²) in [5.41, 5.74) is 6.57. The van der Waals surface area contributed by atoms with Gasteiger partial charge in [0.15, 0.2) is 0 Å². The van der Waals surface area contributed by atoms with Gasteiger partial charge in [-0.2, -0.15) is 0 Å². The number of ether oxygens (including phenoxy) is 1. The molecular formula is C31H42NOP. The highest BCUT2D eigenvalue weighted by Gasteiger charge is 2.36. The maximum atomic E-state index is 6.63. The van der Waals surface area contributed by atoms with Crippen LogP contribution in [0.3, 0.4) is 0 Å². The van der Waals surface area contributed by atoms with Crippen LogP contribution in [0.15, 0.2) is 66.7 Å². The molecule has 2 unspecified atom stereocenters. The molecule has 1 N–H and O–H groups in total. The fourth-order valence-corrected chi connectivity index (χ4v) is 5.98. The van der Waals surface area contributed by atoms with Gasteiger partial charge in [0.2, 0.25) is 0 Å². The van der Waals surface area contributed by atoms with Crippen LogP contribution in [0.1, 0.15) is 69.4 Å². The second kappa shape index (κ2) is 11.1. The summed E-state index contributed by atoms with van der Waals surface area (Å²) in [7, 11) is 2.66. The molecule has 0 heterocycles. The van der Waals surface area contributed by atoms with Crippen molar-refractivity contribution >= 4 is 13.9 Å². The third-order valence-corrected chi connectivity index (χ3v) is 8.98. The van der Waals surface area contributed by atoms with Gasteiger partial charge in [0.25, 0.3) is 0 Å². The van der Waals surface area contributed by atoms with Crippen LogP contribution in [-0.2, 0) is 23.7 Å². The normalized spacial score (nSPS) is 14.0. The molecule has 0 aromatic heterocycles. The number of aryl methyl sites for hydroxylation is 1. The Labute approximate surface area is 209 Å². The van der Waals surface area contributed by atoms with E-state index in [0.29, 0.717) is 21.1 Å². The van der Waals surface area contributed by atoms with E-state index in [9.17, 15) is 0 Å². The molecule has 0 aliphatic carbocycles. The highest BCUT2D eigenvalue weighted by Crippen LogP contribution is 2.52. The molecule has 0 radical (unpaired) electrons. The zero-order valence-corrected chi connectivity index (χ0v) is 23.3. The smallest absolute Gasteiger partial charge is 0.126 e. The van der Waals surface area contributed by atoms with E-state index in [2.05, 4.69) is 121 Å². The van der Waals surface area contributed by atoms with Crippen molar-refractivity contribution < 1.29 is 4.74 Å². The van der Waals surface area contributed by atoms with Gasteiger partial charge in [-0.05, 0) is 52.9 Å². The van der Waals surface area contributed by atoms with Crippen molar-refractivity contribution in [1.82, 2.24) is 5.32 Å². The SMILES string of the molecule is CNCc1ccccc1PC(C)(c1cc(C(C)(C)C)cc(C)c1OCc1ccccc1)C(C)C. The number of hydrogen-bond acceptors (Lipinski definition) is 2. The Morgan fingerprint density at radius 1 is 0.912 bits per heavy atom. The zero-order valence-electron chi connectivity index (χ0n) is 22.3. The molecule has 0 aliphatic heterocycles. The molecule has 182 valence electrons. The van der Waals surface area contributed by atoms with E-state index >= 15 is 0 Å². The predicted molar refractivity (Wildman–Crippen MR) is 150 cm³/mol. The second-order valence-corrected chi connectivity index (χ2v) is 12.7. The van der Waals surface area contributed by atoms with Gasteiger partial charge in [-0.3, -0.25) is 0 Å². The minimum Gasteiger partial charge on any atom is -0.488 e. The van der Waals surface area contributed by atoms with Crippen LogP contribution in [0.25, 0.3) is 0 Å². The molecule has 0 saturated carbocycles. The fourth-order valence-electron chi connectivity index (χ4n) is 4.30. The highest BCUT2D eigenvalue weighted by molar-refractivity contribution is 7.48. The molecule has 3 heteroatoms. The van der Waals surface area contributed by atoms with Crippen LogP contribution in [0.5, 0.6) is 5.75 Å². The largest absolute Gasteiger partial charge is 0.488 e. The quantitative estimate of drug-likeness (QED) is 0.324. The summed E-state index contributed by atoms with van der Waals surface area (Å²) in [6.45, 7) is 17.7. The van der Waals surface area contributed by atoms with Gasteiger partial charge in [0.1, 0.15) is 12.4 Å². The summed E-state index contributed by atoms with van der Waals surface area (Å²) in [5, 5.41) is 4.72. The van der Waals surface area contributed by atoms with E-state index in [1.54, 1.807) is 0 Å². The highest BCUT2D eigenvalue weighted by atomic mass is 31.1. The van der Waals surface area contributed by atoms with Crippen LogP contribution in [0.2, 0.25) is 0 Å². The van der Waals surface area contributed by atoms with Gasteiger partial charge in [-0.1, -0.05) is 117 Å². The Kier molecular flexibility index (Phi) is 8.61. The topological polar surface area (TPSA) is 21.3 Å². The van der Waals surface area contributed by atoms with Crippen molar-refractivity contribution in [1.29, 1.82) is 0 Å². The second-order valence-electron chi connectivity index (χ2n) is 10.9. The molecule has 3 aromatic carbocycles. The van der Waals surface area contributed by atoms with Gasteiger partial charge >= 0.3 is 0 Å². The Morgan fingerprint density at radius 2 is 1.56 bits per heavy atom. The standard InChI is InChI=1S/C31H42NOP/c1-22(2)31(7,34-28-17-13-12-16-25(28)20-32-8)27-19-26(30(4,5)6)18-23(3)29(27)33-21-24-14-10-9-11-15-24/h9-19,22,32,34H,20-21H2,1-8H3.